The van der Waals surface area contributed by atoms with Crippen LogP contribution in [0.1, 0.15) is 19.4 Å². The Kier molecular flexibility index (Phi) is 4.52. The lowest BCUT2D eigenvalue weighted by Gasteiger charge is -2.31. The van der Waals surface area contributed by atoms with Crippen molar-refractivity contribution in [1.82, 2.24) is 4.90 Å². The Balaban J connectivity index is 2.88. The van der Waals surface area contributed by atoms with Crippen LogP contribution in [0.2, 0.25) is 5.02 Å². The molecule has 0 fully saturated rings. The molecule has 1 amide bonds. The van der Waals surface area contributed by atoms with Gasteiger partial charge in [-0.25, -0.2) is 9.18 Å². The first-order valence-corrected chi connectivity index (χ1v) is 5.98. The van der Waals surface area contributed by atoms with Gasteiger partial charge in [0, 0.05) is 12.1 Å². The van der Waals surface area contributed by atoms with E-state index in [4.69, 9.17) is 16.7 Å². The summed E-state index contributed by atoms with van der Waals surface area (Å²) in [6, 6.07) is 3.74. The van der Waals surface area contributed by atoms with Gasteiger partial charge in [-0.05, 0) is 31.5 Å². The van der Waals surface area contributed by atoms with Crippen LogP contribution >= 0.6 is 11.6 Å². The van der Waals surface area contributed by atoms with Crippen molar-refractivity contribution in [3.8, 4) is 0 Å². The fourth-order valence-electron chi connectivity index (χ4n) is 1.40. The molecule has 1 aromatic rings. The number of rotatable bonds is 4. The highest BCUT2D eigenvalue weighted by Gasteiger charge is 2.35. The summed E-state index contributed by atoms with van der Waals surface area (Å²) in [5.74, 6) is -1.99. The zero-order valence-electron chi connectivity index (χ0n) is 10.9. The van der Waals surface area contributed by atoms with Crippen molar-refractivity contribution in [1.29, 1.82) is 0 Å². The molecule has 0 saturated carbocycles. The highest BCUT2D eigenvalue weighted by Crippen LogP contribution is 2.20. The number of carbonyl (C=O) groups is 2. The molecule has 0 radical (unpaired) electrons. The summed E-state index contributed by atoms with van der Waals surface area (Å²) in [5.41, 5.74) is -0.857. The Bertz CT molecular complexity index is 517. The number of nitrogens with zero attached hydrogens (tertiary/aromatic N) is 1. The first kappa shape index (κ1) is 15.4. The minimum absolute atomic E-state index is 0.0771. The molecule has 0 heterocycles. The zero-order chi connectivity index (χ0) is 14.8. The fraction of sp³-hybridized carbons (Fsp3) is 0.385. The van der Waals surface area contributed by atoms with Gasteiger partial charge in [0.1, 0.15) is 11.4 Å². The van der Waals surface area contributed by atoms with Crippen LogP contribution in [-0.2, 0) is 16.0 Å². The second-order valence-corrected chi connectivity index (χ2v) is 5.14. The molecular weight excluding hydrogens is 273 g/mol. The molecular formula is C13H15ClFNO3. The smallest absolute Gasteiger partial charge is 0.329 e. The van der Waals surface area contributed by atoms with Gasteiger partial charge in [0.25, 0.3) is 0 Å². The lowest BCUT2D eigenvalue weighted by molar-refractivity contribution is -0.155. The van der Waals surface area contributed by atoms with E-state index >= 15 is 0 Å². The predicted molar refractivity (Wildman–Crippen MR) is 69.6 cm³/mol. The molecule has 1 aromatic carbocycles. The van der Waals surface area contributed by atoms with Crippen molar-refractivity contribution in [2.75, 3.05) is 7.05 Å². The third kappa shape index (κ3) is 3.44. The number of amides is 1. The largest absolute Gasteiger partial charge is 0.480 e. The van der Waals surface area contributed by atoms with Crippen LogP contribution in [0.4, 0.5) is 4.39 Å². The van der Waals surface area contributed by atoms with Crippen LogP contribution < -0.4 is 0 Å². The Morgan fingerprint density at radius 1 is 1.42 bits per heavy atom. The number of carbonyl (C=O) groups excluding carboxylic acids is 1. The standard InChI is InChI=1S/C13H15ClFNO3/c1-13(2,12(18)19)16(3)11(17)6-8-4-5-9(15)7-10(8)14/h4-5,7H,6H2,1-3H3,(H,18,19). The Morgan fingerprint density at radius 2 is 2.00 bits per heavy atom. The maximum Gasteiger partial charge on any atom is 0.329 e. The lowest BCUT2D eigenvalue weighted by atomic mass is 10.0. The van der Waals surface area contributed by atoms with Crippen molar-refractivity contribution in [2.24, 2.45) is 0 Å². The molecule has 0 aliphatic rings. The Hall–Kier alpha value is -1.62. The molecule has 1 rings (SSSR count). The third-order valence-electron chi connectivity index (χ3n) is 3.09. The number of likely N-dealkylation sites (N-methyl/N-ethyl adjacent to an activating group) is 1. The van der Waals surface area contributed by atoms with Crippen LogP contribution in [0.25, 0.3) is 0 Å². The number of carboxylic acids is 1. The van der Waals surface area contributed by atoms with Gasteiger partial charge < -0.3 is 10.0 Å². The second kappa shape index (κ2) is 5.57. The van der Waals surface area contributed by atoms with E-state index in [9.17, 15) is 14.0 Å². The first-order chi connectivity index (χ1) is 8.66. The van der Waals surface area contributed by atoms with E-state index < -0.39 is 23.2 Å². The van der Waals surface area contributed by atoms with Crippen LogP contribution in [0.5, 0.6) is 0 Å². The number of hydrogen-bond donors (Lipinski definition) is 1. The maximum absolute atomic E-state index is 12.9. The summed E-state index contributed by atoms with van der Waals surface area (Å²) in [5, 5.41) is 9.20. The summed E-state index contributed by atoms with van der Waals surface area (Å²) < 4.78 is 12.9. The molecule has 6 heteroatoms. The van der Waals surface area contributed by atoms with Gasteiger partial charge in [-0.1, -0.05) is 17.7 Å². The molecule has 0 atom stereocenters. The van der Waals surface area contributed by atoms with Crippen LogP contribution in [-0.4, -0.2) is 34.5 Å². The van der Waals surface area contributed by atoms with E-state index in [1.807, 2.05) is 0 Å². The van der Waals surface area contributed by atoms with E-state index in [-0.39, 0.29) is 11.4 Å². The number of benzene rings is 1. The molecule has 104 valence electrons. The van der Waals surface area contributed by atoms with Gasteiger partial charge in [-0.15, -0.1) is 0 Å². The van der Waals surface area contributed by atoms with Crippen LogP contribution in [0.15, 0.2) is 18.2 Å². The fourth-order valence-corrected chi connectivity index (χ4v) is 1.64. The number of halogens is 2. The normalized spacial score (nSPS) is 11.2. The summed E-state index contributed by atoms with van der Waals surface area (Å²) in [7, 11) is 1.41. The monoisotopic (exact) mass is 287 g/mol. The van der Waals surface area contributed by atoms with Gasteiger partial charge in [-0.3, -0.25) is 4.79 Å². The summed E-state index contributed by atoms with van der Waals surface area (Å²) in [4.78, 5) is 24.2. The number of carboxylic acid groups (broad SMARTS) is 1. The molecule has 0 saturated heterocycles. The van der Waals surface area contributed by atoms with Gasteiger partial charge in [0.15, 0.2) is 0 Å². The van der Waals surface area contributed by atoms with Gasteiger partial charge in [-0.2, -0.15) is 0 Å². The second-order valence-electron chi connectivity index (χ2n) is 4.73. The molecule has 0 aliphatic heterocycles. The molecule has 0 aromatic heterocycles. The Morgan fingerprint density at radius 3 is 2.47 bits per heavy atom. The van der Waals surface area contributed by atoms with Crippen molar-refractivity contribution >= 4 is 23.5 Å². The molecule has 4 nitrogen and oxygen atoms in total. The van der Waals surface area contributed by atoms with E-state index in [2.05, 4.69) is 0 Å². The van der Waals surface area contributed by atoms with Gasteiger partial charge >= 0.3 is 5.97 Å². The molecule has 0 aliphatic carbocycles. The van der Waals surface area contributed by atoms with Crippen molar-refractivity contribution < 1.29 is 19.1 Å². The van der Waals surface area contributed by atoms with Gasteiger partial charge in [0.2, 0.25) is 5.91 Å². The summed E-state index contributed by atoms with van der Waals surface area (Å²) in [6.07, 6.45) is -0.0771. The highest BCUT2D eigenvalue weighted by molar-refractivity contribution is 6.31. The predicted octanol–water partition coefficient (Wildman–Crippen LogP) is 2.34. The summed E-state index contributed by atoms with van der Waals surface area (Å²) in [6.45, 7) is 2.86. The van der Waals surface area contributed by atoms with E-state index in [0.717, 1.165) is 11.0 Å². The van der Waals surface area contributed by atoms with Crippen LogP contribution in [0.3, 0.4) is 0 Å². The Labute approximate surface area is 115 Å². The van der Waals surface area contributed by atoms with Crippen molar-refractivity contribution in [2.45, 2.75) is 25.8 Å². The molecule has 19 heavy (non-hydrogen) atoms. The quantitative estimate of drug-likeness (QED) is 0.925. The minimum Gasteiger partial charge on any atom is -0.480 e. The van der Waals surface area contributed by atoms with Crippen molar-refractivity contribution in [3.05, 3.63) is 34.6 Å². The topological polar surface area (TPSA) is 57.6 Å². The average molecular weight is 288 g/mol. The molecule has 1 N–H and O–H groups in total. The zero-order valence-corrected chi connectivity index (χ0v) is 11.7. The average Bonchev–Trinajstić information content (AvgIpc) is 2.31. The number of aliphatic carboxylic acids is 1. The van der Waals surface area contributed by atoms with E-state index in [1.165, 1.54) is 33.0 Å². The minimum atomic E-state index is -1.32. The van der Waals surface area contributed by atoms with Gasteiger partial charge in [0.05, 0.1) is 6.42 Å². The van der Waals surface area contributed by atoms with E-state index in [0.29, 0.717) is 5.56 Å². The van der Waals surface area contributed by atoms with Crippen molar-refractivity contribution in [3.63, 3.8) is 0 Å². The number of hydrogen-bond acceptors (Lipinski definition) is 2. The first-order valence-electron chi connectivity index (χ1n) is 5.60. The van der Waals surface area contributed by atoms with Crippen LogP contribution in [0, 0.1) is 5.82 Å². The maximum atomic E-state index is 12.9. The SMILES string of the molecule is CN(C(=O)Cc1ccc(F)cc1Cl)C(C)(C)C(=O)O. The molecule has 0 unspecified atom stereocenters. The lowest BCUT2D eigenvalue weighted by Crippen LogP contribution is -2.51. The highest BCUT2D eigenvalue weighted by atomic mass is 35.5. The molecule has 0 bridgehead atoms. The molecule has 0 spiro atoms. The third-order valence-corrected chi connectivity index (χ3v) is 3.44. The van der Waals surface area contributed by atoms with E-state index in [1.54, 1.807) is 0 Å². The summed E-state index contributed by atoms with van der Waals surface area (Å²) >= 11 is 5.83.